The molecule has 0 aromatic rings. The first-order valence-corrected chi connectivity index (χ1v) is 4.43. The van der Waals surface area contributed by atoms with Crippen LogP contribution in [-0.4, -0.2) is 31.3 Å². The van der Waals surface area contributed by atoms with E-state index in [4.69, 9.17) is 10.5 Å². The molecule has 12 heavy (non-hydrogen) atoms. The monoisotopic (exact) mass is 169 g/mol. The van der Waals surface area contributed by atoms with Crippen molar-refractivity contribution in [2.75, 3.05) is 19.6 Å². The lowest BCUT2D eigenvalue weighted by Crippen LogP contribution is -2.51. The topological polar surface area (TPSA) is 59.6 Å². The van der Waals surface area contributed by atoms with E-state index in [2.05, 4.69) is 17.2 Å². The van der Waals surface area contributed by atoms with E-state index in [-0.39, 0.29) is 5.60 Å². The van der Waals surface area contributed by atoms with Crippen molar-refractivity contribution >= 4 is 6.02 Å². The molecule has 0 aromatic carbocycles. The zero-order valence-electron chi connectivity index (χ0n) is 7.34. The second-order valence-corrected chi connectivity index (χ2v) is 3.68. The molecule has 3 N–H and O–H groups in total. The fourth-order valence-corrected chi connectivity index (χ4v) is 1.92. The number of nitrogens with one attached hydrogen (secondary N) is 1. The zero-order chi connectivity index (χ0) is 8.60. The molecule has 4 nitrogen and oxygen atoms in total. The van der Waals surface area contributed by atoms with Gasteiger partial charge in [-0.25, -0.2) is 4.99 Å². The molecular formula is C8H15N3O. The van der Waals surface area contributed by atoms with E-state index in [0.29, 0.717) is 11.9 Å². The highest BCUT2D eigenvalue weighted by Crippen LogP contribution is 2.31. The Morgan fingerprint density at radius 2 is 2.58 bits per heavy atom. The van der Waals surface area contributed by atoms with Gasteiger partial charge in [0, 0.05) is 18.9 Å². The molecule has 1 fully saturated rings. The van der Waals surface area contributed by atoms with Crippen LogP contribution >= 0.6 is 0 Å². The van der Waals surface area contributed by atoms with Gasteiger partial charge < -0.3 is 15.8 Å². The van der Waals surface area contributed by atoms with E-state index in [1.165, 1.54) is 0 Å². The summed E-state index contributed by atoms with van der Waals surface area (Å²) in [6, 6.07) is 0.365. The Bertz CT molecular complexity index is 216. The number of nitrogens with zero attached hydrogens (tertiary/aromatic N) is 1. The maximum atomic E-state index is 5.59. The highest BCUT2D eigenvalue weighted by Gasteiger charge is 2.43. The number of hydrogen-bond acceptors (Lipinski definition) is 4. The van der Waals surface area contributed by atoms with Crippen LogP contribution in [0.4, 0.5) is 0 Å². The molecule has 4 heteroatoms. The number of rotatable bonds is 0. The minimum atomic E-state index is -0.0880. The molecule has 1 spiro atoms. The fourth-order valence-electron chi connectivity index (χ4n) is 1.92. The summed E-state index contributed by atoms with van der Waals surface area (Å²) in [4.78, 5) is 4.11. The molecule has 2 atom stereocenters. The Hall–Kier alpha value is -0.770. The van der Waals surface area contributed by atoms with E-state index < -0.39 is 0 Å². The van der Waals surface area contributed by atoms with Gasteiger partial charge in [-0.05, 0) is 6.54 Å². The molecule has 2 aliphatic heterocycles. The molecule has 2 rings (SSSR count). The van der Waals surface area contributed by atoms with Gasteiger partial charge in [0.2, 0.25) is 0 Å². The summed E-state index contributed by atoms with van der Waals surface area (Å²) in [6.45, 7) is 4.93. The first-order chi connectivity index (χ1) is 5.73. The number of nitrogens with two attached hydrogens (primary N) is 1. The van der Waals surface area contributed by atoms with Crippen molar-refractivity contribution in [1.29, 1.82) is 0 Å². The van der Waals surface area contributed by atoms with Crippen LogP contribution in [-0.2, 0) is 4.74 Å². The molecular weight excluding hydrogens is 154 g/mol. The lowest BCUT2D eigenvalue weighted by atomic mass is 9.83. The number of aliphatic imine (C=N–C) groups is 1. The van der Waals surface area contributed by atoms with Crippen LogP contribution in [0.25, 0.3) is 0 Å². The second-order valence-electron chi connectivity index (χ2n) is 3.68. The van der Waals surface area contributed by atoms with E-state index in [0.717, 1.165) is 26.1 Å². The number of piperidine rings is 1. The van der Waals surface area contributed by atoms with E-state index >= 15 is 0 Å². The highest BCUT2D eigenvalue weighted by atomic mass is 16.5. The summed E-state index contributed by atoms with van der Waals surface area (Å²) in [6.07, 6.45) is 1.01. The summed E-state index contributed by atoms with van der Waals surface area (Å²) >= 11 is 0. The molecule has 0 aliphatic carbocycles. The van der Waals surface area contributed by atoms with Gasteiger partial charge in [0.1, 0.15) is 5.60 Å². The van der Waals surface area contributed by atoms with E-state index in [1.54, 1.807) is 0 Å². The van der Waals surface area contributed by atoms with Crippen LogP contribution in [0, 0.1) is 5.92 Å². The fraction of sp³-hybridized carbons (Fsp3) is 0.875. The molecule has 0 bridgehead atoms. The van der Waals surface area contributed by atoms with Crippen molar-refractivity contribution in [3.63, 3.8) is 0 Å². The SMILES string of the molecule is CC1CNCCC12CN=C(N)O2. The summed E-state index contributed by atoms with van der Waals surface area (Å²) in [5, 5.41) is 3.33. The number of ether oxygens (including phenoxy) is 1. The molecule has 0 saturated carbocycles. The minimum absolute atomic E-state index is 0.0880. The van der Waals surface area contributed by atoms with Crippen molar-refractivity contribution in [3.05, 3.63) is 0 Å². The van der Waals surface area contributed by atoms with Crippen LogP contribution in [0.1, 0.15) is 13.3 Å². The maximum Gasteiger partial charge on any atom is 0.282 e. The Kier molecular flexibility index (Phi) is 1.72. The number of amidine groups is 1. The van der Waals surface area contributed by atoms with E-state index in [9.17, 15) is 0 Å². The molecule has 0 radical (unpaired) electrons. The van der Waals surface area contributed by atoms with Crippen LogP contribution in [0.2, 0.25) is 0 Å². The highest BCUT2D eigenvalue weighted by molar-refractivity contribution is 5.73. The lowest BCUT2D eigenvalue weighted by Gasteiger charge is -2.38. The average Bonchev–Trinajstić information content (AvgIpc) is 2.41. The predicted molar refractivity (Wildman–Crippen MR) is 47.0 cm³/mol. The van der Waals surface area contributed by atoms with Crippen LogP contribution in [0.5, 0.6) is 0 Å². The third-order valence-electron chi connectivity index (χ3n) is 2.88. The number of hydrogen-bond donors (Lipinski definition) is 2. The maximum absolute atomic E-state index is 5.59. The normalized spacial score (nSPS) is 41.1. The van der Waals surface area contributed by atoms with Crippen molar-refractivity contribution in [1.82, 2.24) is 5.32 Å². The third-order valence-corrected chi connectivity index (χ3v) is 2.88. The lowest BCUT2D eigenvalue weighted by molar-refractivity contribution is 0.00530. The van der Waals surface area contributed by atoms with Crippen molar-refractivity contribution < 1.29 is 4.74 Å². The van der Waals surface area contributed by atoms with Gasteiger partial charge in [0.05, 0.1) is 6.54 Å². The van der Waals surface area contributed by atoms with Crippen LogP contribution in [0.15, 0.2) is 4.99 Å². The molecule has 68 valence electrons. The van der Waals surface area contributed by atoms with Crippen LogP contribution in [0.3, 0.4) is 0 Å². The quantitative estimate of drug-likeness (QED) is 0.523. The summed E-state index contributed by atoms with van der Waals surface area (Å²) < 4.78 is 5.59. The van der Waals surface area contributed by atoms with Crippen molar-refractivity contribution in [3.8, 4) is 0 Å². The summed E-state index contributed by atoms with van der Waals surface area (Å²) in [5.41, 5.74) is 5.42. The zero-order valence-corrected chi connectivity index (χ0v) is 7.34. The first-order valence-electron chi connectivity index (χ1n) is 4.43. The standard InChI is InChI=1S/C8H15N3O/c1-6-4-10-3-2-8(6)5-11-7(9)12-8/h6,10H,2-5H2,1H3,(H2,9,11). The van der Waals surface area contributed by atoms with Gasteiger partial charge in [0.25, 0.3) is 6.02 Å². The van der Waals surface area contributed by atoms with E-state index in [1.807, 2.05) is 0 Å². The molecule has 2 unspecified atom stereocenters. The predicted octanol–water partition coefficient (Wildman–Crippen LogP) is -0.300. The van der Waals surface area contributed by atoms with Crippen molar-refractivity contribution in [2.45, 2.75) is 18.9 Å². The summed E-state index contributed by atoms with van der Waals surface area (Å²) in [5.74, 6) is 0.496. The Morgan fingerprint density at radius 1 is 1.75 bits per heavy atom. The molecule has 2 aliphatic rings. The second kappa shape index (κ2) is 2.62. The molecule has 0 aromatic heterocycles. The Morgan fingerprint density at radius 3 is 3.17 bits per heavy atom. The van der Waals surface area contributed by atoms with Crippen molar-refractivity contribution in [2.24, 2.45) is 16.6 Å². The van der Waals surface area contributed by atoms with Gasteiger partial charge in [0.15, 0.2) is 0 Å². The Balaban J connectivity index is 2.10. The first kappa shape index (κ1) is 7.86. The summed E-state index contributed by atoms with van der Waals surface area (Å²) in [7, 11) is 0. The van der Waals surface area contributed by atoms with Gasteiger partial charge >= 0.3 is 0 Å². The molecule has 0 amide bonds. The molecule has 1 saturated heterocycles. The van der Waals surface area contributed by atoms with Gasteiger partial charge in [-0.2, -0.15) is 0 Å². The largest absolute Gasteiger partial charge is 0.456 e. The average molecular weight is 169 g/mol. The smallest absolute Gasteiger partial charge is 0.282 e. The third kappa shape index (κ3) is 1.06. The van der Waals surface area contributed by atoms with Gasteiger partial charge in [-0.15, -0.1) is 0 Å². The Labute approximate surface area is 72.2 Å². The van der Waals surface area contributed by atoms with Gasteiger partial charge in [-0.3, -0.25) is 0 Å². The molecule has 2 heterocycles. The minimum Gasteiger partial charge on any atom is -0.456 e. The van der Waals surface area contributed by atoms with Crippen LogP contribution < -0.4 is 11.1 Å². The van der Waals surface area contributed by atoms with Gasteiger partial charge in [-0.1, -0.05) is 6.92 Å².